The van der Waals surface area contributed by atoms with Crippen LogP contribution in [0.3, 0.4) is 0 Å². The van der Waals surface area contributed by atoms with Gasteiger partial charge in [-0.2, -0.15) is 0 Å². The molecule has 1 aromatic heterocycles. The molecule has 1 aromatic carbocycles. The molecule has 0 bridgehead atoms. The number of nitrogens with two attached hydrogens (primary N) is 1. The molecule has 0 spiro atoms. The van der Waals surface area contributed by atoms with Crippen molar-refractivity contribution in [3.63, 3.8) is 0 Å². The van der Waals surface area contributed by atoms with E-state index in [9.17, 15) is 9.59 Å². The van der Waals surface area contributed by atoms with Crippen molar-refractivity contribution in [1.82, 2.24) is 14.4 Å². The van der Waals surface area contributed by atoms with E-state index >= 15 is 0 Å². The molecule has 0 atom stereocenters. The second-order valence-corrected chi connectivity index (χ2v) is 5.98. The summed E-state index contributed by atoms with van der Waals surface area (Å²) in [4.78, 5) is 27.1. The van der Waals surface area contributed by atoms with Crippen molar-refractivity contribution in [3.8, 4) is 0 Å². The molecule has 7 heteroatoms. The van der Waals surface area contributed by atoms with Gasteiger partial charge in [0.1, 0.15) is 12.2 Å². The Morgan fingerprint density at radius 2 is 2.04 bits per heavy atom. The molecule has 3 rings (SSSR count). The number of nitrogens with zero attached hydrogens (tertiary/aromatic N) is 3. The minimum Gasteiger partial charge on any atom is -0.368 e. The van der Waals surface area contributed by atoms with Gasteiger partial charge in [0.25, 0.3) is 5.91 Å². The molecule has 0 saturated carbocycles. The number of likely N-dealkylation sites (N-methyl/N-ethyl adjacent to an activating group) is 2. The van der Waals surface area contributed by atoms with E-state index in [1.165, 1.54) is 0 Å². The number of benzene rings is 1. The molecule has 0 radical (unpaired) electrons. The van der Waals surface area contributed by atoms with Gasteiger partial charge >= 0.3 is 0 Å². The molecular weight excluding hydrogens is 324 g/mol. The van der Waals surface area contributed by atoms with Crippen LogP contribution in [-0.2, 0) is 16.1 Å². The van der Waals surface area contributed by atoms with E-state index in [0.29, 0.717) is 17.4 Å². The van der Waals surface area contributed by atoms with Crippen LogP contribution in [0.2, 0.25) is 0 Å². The third-order valence-corrected chi connectivity index (χ3v) is 4.59. The zero-order valence-corrected chi connectivity index (χ0v) is 14.3. The molecule has 0 aliphatic carbocycles. The van der Waals surface area contributed by atoms with Crippen molar-refractivity contribution in [2.45, 2.75) is 13.5 Å². The van der Waals surface area contributed by atoms with Crippen LogP contribution in [0.15, 0.2) is 36.2 Å². The van der Waals surface area contributed by atoms with Gasteiger partial charge in [-0.1, -0.05) is 18.2 Å². The first-order valence-corrected chi connectivity index (χ1v) is 8.02. The fourth-order valence-electron chi connectivity index (χ4n) is 2.93. The van der Waals surface area contributed by atoms with Crippen molar-refractivity contribution in [2.24, 2.45) is 5.73 Å². The summed E-state index contributed by atoms with van der Waals surface area (Å²) >= 11 is 5.31. The summed E-state index contributed by atoms with van der Waals surface area (Å²) in [5, 5.41) is 1.45. The quantitative estimate of drug-likeness (QED) is 0.676. The predicted molar refractivity (Wildman–Crippen MR) is 96.9 cm³/mol. The van der Waals surface area contributed by atoms with E-state index in [-0.39, 0.29) is 12.5 Å². The van der Waals surface area contributed by atoms with Crippen molar-refractivity contribution in [3.05, 3.63) is 41.7 Å². The lowest BCUT2D eigenvalue weighted by molar-refractivity contribution is -0.122. The van der Waals surface area contributed by atoms with Gasteiger partial charge in [-0.3, -0.25) is 14.5 Å². The first-order chi connectivity index (χ1) is 11.4. The molecule has 124 valence electrons. The van der Waals surface area contributed by atoms with Gasteiger partial charge in [0.2, 0.25) is 5.91 Å². The van der Waals surface area contributed by atoms with Crippen LogP contribution in [0.25, 0.3) is 17.0 Å². The Kier molecular flexibility index (Phi) is 4.11. The van der Waals surface area contributed by atoms with Crippen LogP contribution in [0.5, 0.6) is 0 Å². The lowest BCUT2D eigenvalue weighted by Gasteiger charge is -2.13. The standard InChI is InChI=1S/C17H18N4O2S/c1-3-21-16(23)14(19(2)17(21)24)8-11-9-20(10-15(18)22)13-7-5-4-6-12(11)13/h4-9H,3,10H2,1-2H3,(H2,18,22)/b14-8-. The molecule has 0 unspecified atom stereocenters. The van der Waals surface area contributed by atoms with Gasteiger partial charge in [-0.15, -0.1) is 0 Å². The van der Waals surface area contributed by atoms with E-state index in [1.807, 2.05) is 43.5 Å². The highest BCUT2D eigenvalue weighted by Crippen LogP contribution is 2.27. The van der Waals surface area contributed by atoms with Crippen molar-refractivity contribution >= 4 is 46.1 Å². The van der Waals surface area contributed by atoms with Crippen LogP contribution in [-0.4, -0.2) is 44.9 Å². The maximum Gasteiger partial charge on any atom is 0.276 e. The minimum atomic E-state index is -0.414. The normalized spacial score (nSPS) is 16.7. The molecule has 2 aromatic rings. The molecule has 1 fully saturated rings. The van der Waals surface area contributed by atoms with Crippen molar-refractivity contribution < 1.29 is 9.59 Å². The van der Waals surface area contributed by atoms with Gasteiger partial charge in [0.15, 0.2) is 5.11 Å². The van der Waals surface area contributed by atoms with Crippen LogP contribution >= 0.6 is 12.2 Å². The fraction of sp³-hybridized carbons (Fsp3) is 0.235. The molecule has 2 N–H and O–H groups in total. The van der Waals surface area contributed by atoms with Crippen LogP contribution < -0.4 is 5.73 Å². The van der Waals surface area contributed by atoms with Gasteiger partial charge < -0.3 is 15.2 Å². The molecule has 2 heterocycles. The number of primary amides is 1. The van der Waals surface area contributed by atoms with Crippen molar-refractivity contribution in [2.75, 3.05) is 13.6 Å². The fourth-order valence-corrected chi connectivity index (χ4v) is 3.24. The lowest BCUT2D eigenvalue weighted by atomic mass is 10.1. The summed E-state index contributed by atoms with van der Waals surface area (Å²) in [5.41, 5.74) is 7.59. The molecular formula is C17H18N4O2S. The highest BCUT2D eigenvalue weighted by molar-refractivity contribution is 7.80. The average Bonchev–Trinajstić information content (AvgIpc) is 2.98. The molecule has 24 heavy (non-hydrogen) atoms. The largest absolute Gasteiger partial charge is 0.368 e. The Morgan fingerprint density at radius 3 is 2.67 bits per heavy atom. The molecule has 2 amide bonds. The maximum atomic E-state index is 12.5. The summed E-state index contributed by atoms with van der Waals surface area (Å²) in [6.07, 6.45) is 3.64. The summed E-state index contributed by atoms with van der Waals surface area (Å²) in [6.45, 7) is 2.51. The van der Waals surface area contributed by atoms with E-state index in [0.717, 1.165) is 16.5 Å². The second kappa shape index (κ2) is 6.09. The number of amides is 2. The lowest BCUT2D eigenvalue weighted by Crippen LogP contribution is -2.30. The first-order valence-electron chi connectivity index (χ1n) is 7.61. The van der Waals surface area contributed by atoms with E-state index in [2.05, 4.69) is 0 Å². The number of para-hydroxylation sites is 1. The molecule has 6 nitrogen and oxygen atoms in total. The summed E-state index contributed by atoms with van der Waals surface area (Å²) in [7, 11) is 1.78. The third kappa shape index (κ3) is 2.56. The van der Waals surface area contributed by atoms with E-state index in [1.54, 1.807) is 21.4 Å². The van der Waals surface area contributed by atoms with Gasteiger partial charge in [-0.05, 0) is 31.3 Å². The average molecular weight is 342 g/mol. The summed E-state index contributed by atoms with van der Waals surface area (Å²) in [6, 6.07) is 7.69. The predicted octanol–water partition coefficient (Wildman–Crippen LogP) is 1.55. The topological polar surface area (TPSA) is 71.6 Å². The monoisotopic (exact) mass is 342 g/mol. The Balaban J connectivity index is 2.12. The maximum absolute atomic E-state index is 12.5. The number of aromatic nitrogens is 1. The Labute approximate surface area is 145 Å². The Hall–Kier alpha value is -2.67. The second-order valence-electron chi connectivity index (χ2n) is 5.62. The minimum absolute atomic E-state index is 0.0902. The molecule has 1 aliphatic rings. The zero-order chi connectivity index (χ0) is 17.4. The van der Waals surface area contributed by atoms with Gasteiger partial charge in [0, 0.05) is 36.3 Å². The van der Waals surface area contributed by atoms with Gasteiger partial charge in [0.05, 0.1) is 0 Å². The number of thiocarbonyl (C=S) groups is 1. The Morgan fingerprint density at radius 1 is 1.33 bits per heavy atom. The van der Waals surface area contributed by atoms with E-state index < -0.39 is 5.91 Å². The summed E-state index contributed by atoms with van der Waals surface area (Å²) < 4.78 is 1.79. The number of hydrogen-bond donors (Lipinski definition) is 1. The number of rotatable bonds is 4. The smallest absolute Gasteiger partial charge is 0.276 e. The van der Waals surface area contributed by atoms with Gasteiger partial charge in [-0.25, -0.2) is 0 Å². The van der Waals surface area contributed by atoms with E-state index in [4.69, 9.17) is 18.0 Å². The third-order valence-electron chi connectivity index (χ3n) is 4.10. The van der Waals surface area contributed by atoms with Crippen LogP contribution in [0.1, 0.15) is 12.5 Å². The molecule has 1 aliphatic heterocycles. The van der Waals surface area contributed by atoms with Crippen LogP contribution in [0, 0.1) is 0 Å². The highest BCUT2D eigenvalue weighted by atomic mass is 32.1. The Bertz CT molecular complexity index is 884. The summed E-state index contributed by atoms with van der Waals surface area (Å²) in [5.74, 6) is -0.529. The SMILES string of the molecule is CCN1C(=O)/C(=C/c2cn(CC(N)=O)c3ccccc23)N(C)C1=S. The number of carbonyl (C=O) groups excluding carboxylic acids is 2. The number of hydrogen-bond acceptors (Lipinski definition) is 3. The number of fused-ring (bicyclic) bond motifs is 1. The first kappa shape index (κ1) is 16.2. The zero-order valence-electron chi connectivity index (χ0n) is 13.5. The number of carbonyl (C=O) groups is 2. The highest BCUT2D eigenvalue weighted by Gasteiger charge is 2.34. The molecule has 1 saturated heterocycles. The van der Waals surface area contributed by atoms with Crippen molar-refractivity contribution in [1.29, 1.82) is 0 Å². The van der Waals surface area contributed by atoms with Crippen LogP contribution in [0.4, 0.5) is 0 Å².